The fourth-order valence-electron chi connectivity index (χ4n) is 5.22. The normalized spacial score (nSPS) is 21.1. The van der Waals surface area contributed by atoms with Crippen LogP contribution in [0.25, 0.3) is 27.8 Å². The summed E-state index contributed by atoms with van der Waals surface area (Å²) >= 11 is 0. The van der Waals surface area contributed by atoms with Gasteiger partial charge in [0.05, 0.1) is 30.4 Å². The predicted molar refractivity (Wildman–Crippen MR) is 130 cm³/mol. The molecule has 1 fully saturated rings. The number of hydrogen-bond donors (Lipinski definition) is 2. The van der Waals surface area contributed by atoms with E-state index < -0.39 is 17.0 Å². The molecule has 3 aromatic heterocycles. The molecule has 8 nitrogen and oxygen atoms in total. The molecule has 5 rings (SSSR count). The van der Waals surface area contributed by atoms with Crippen molar-refractivity contribution in [2.45, 2.75) is 50.5 Å². The van der Waals surface area contributed by atoms with Crippen LogP contribution in [0, 0.1) is 5.82 Å². The minimum atomic E-state index is -1.21. The highest BCUT2D eigenvalue weighted by Gasteiger charge is 2.42. The molecule has 4 aromatic rings. The zero-order valence-corrected chi connectivity index (χ0v) is 20.3. The maximum Gasteiger partial charge on any atom is 0.335 e. The van der Waals surface area contributed by atoms with Crippen molar-refractivity contribution in [1.82, 2.24) is 19.7 Å². The minimum absolute atomic E-state index is 0.0781. The van der Waals surface area contributed by atoms with Crippen LogP contribution in [0.1, 0.15) is 50.8 Å². The zero-order valence-electron chi connectivity index (χ0n) is 20.3. The molecule has 0 saturated carbocycles. The lowest BCUT2D eigenvalue weighted by molar-refractivity contribution is -0.170. The highest BCUT2D eigenvalue weighted by molar-refractivity contribution is 5.94. The second-order valence-corrected chi connectivity index (χ2v) is 10.1. The van der Waals surface area contributed by atoms with Gasteiger partial charge in [-0.15, -0.1) is 0 Å². The van der Waals surface area contributed by atoms with Crippen molar-refractivity contribution in [3.63, 3.8) is 0 Å². The molecule has 1 aromatic carbocycles. The van der Waals surface area contributed by atoms with Crippen LogP contribution in [-0.2, 0) is 19.7 Å². The Kier molecular flexibility index (Phi) is 5.64. The first-order valence-electron chi connectivity index (χ1n) is 11.7. The molecular formula is C26H29FN4O4. The van der Waals surface area contributed by atoms with Gasteiger partial charge in [0.1, 0.15) is 5.82 Å². The molecule has 184 valence electrons. The number of aliphatic carboxylic acids is 1. The summed E-state index contributed by atoms with van der Waals surface area (Å²) in [6, 6.07) is 8.43. The van der Waals surface area contributed by atoms with E-state index in [1.54, 1.807) is 32.4 Å². The Balaban J connectivity index is 1.80. The summed E-state index contributed by atoms with van der Waals surface area (Å²) in [6.07, 6.45) is 2.74. The minimum Gasteiger partial charge on any atom is -0.479 e. The van der Waals surface area contributed by atoms with Gasteiger partial charge < -0.3 is 19.1 Å². The molecule has 0 bridgehead atoms. The first-order valence-corrected chi connectivity index (χ1v) is 11.7. The third-order valence-electron chi connectivity index (χ3n) is 7.05. The molecular weight excluding hydrogens is 451 g/mol. The number of aromatic amines is 1. The number of nitrogens with one attached hydrogen (secondary N) is 1. The Hall–Kier alpha value is -3.30. The number of H-pyrrole nitrogens is 1. The van der Waals surface area contributed by atoms with Gasteiger partial charge in [-0.2, -0.15) is 5.10 Å². The number of hydrogen-bond acceptors (Lipinski definition) is 5. The summed E-state index contributed by atoms with van der Waals surface area (Å²) in [7, 11) is 1.67. The van der Waals surface area contributed by atoms with E-state index in [2.05, 4.69) is 28.6 Å². The highest BCUT2D eigenvalue weighted by atomic mass is 19.1. The van der Waals surface area contributed by atoms with Crippen molar-refractivity contribution in [3.05, 3.63) is 53.6 Å². The Labute approximate surface area is 202 Å². The van der Waals surface area contributed by atoms with E-state index in [1.165, 1.54) is 12.1 Å². The molecule has 0 spiro atoms. The molecule has 1 aliphatic rings. The van der Waals surface area contributed by atoms with Crippen LogP contribution < -0.4 is 0 Å². The van der Waals surface area contributed by atoms with Crippen molar-refractivity contribution in [2.75, 3.05) is 20.3 Å². The van der Waals surface area contributed by atoms with Crippen LogP contribution in [0.2, 0.25) is 0 Å². The van der Waals surface area contributed by atoms with Crippen molar-refractivity contribution in [3.8, 4) is 5.69 Å². The van der Waals surface area contributed by atoms with E-state index in [4.69, 9.17) is 14.5 Å². The first kappa shape index (κ1) is 23.4. The van der Waals surface area contributed by atoms with E-state index in [-0.39, 0.29) is 18.3 Å². The Morgan fingerprint density at radius 1 is 1.37 bits per heavy atom. The molecule has 35 heavy (non-hydrogen) atoms. The SMILES string of the molecule is COCC(C)(C)c1c([C@@H]2CC[C@@](C)(C(=O)O)OC2)c2nc3[nH]ncc3cc2n1-c1ccc(F)cc1. The van der Waals surface area contributed by atoms with E-state index in [1.807, 2.05) is 6.07 Å². The fraction of sp³-hybridized carbons (Fsp3) is 0.423. The number of aromatic nitrogens is 4. The number of pyridine rings is 1. The molecule has 0 unspecified atom stereocenters. The average Bonchev–Trinajstić information content (AvgIpc) is 3.41. The lowest BCUT2D eigenvalue weighted by atomic mass is 9.80. The highest BCUT2D eigenvalue weighted by Crippen LogP contribution is 2.45. The van der Waals surface area contributed by atoms with E-state index in [9.17, 15) is 14.3 Å². The van der Waals surface area contributed by atoms with Crippen molar-refractivity contribution >= 4 is 28.0 Å². The summed E-state index contributed by atoms with van der Waals surface area (Å²) in [4.78, 5) is 16.7. The quantitative estimate of drug-likeness (QED) is 0.415. The second-order valence-electron chi connectivity index (χ2n) is 10.1. The van der Waals surface area contributed by atoms with Crippen molar-refractivity contribution in [2.24, 2.45) is 0 Å². The van der Waals surface area contributed by atoms with Crippen LogP contribution in [-0.4, -0.2) is 56.7 Å². The maximum atomic E-state index is 13.9. The maximum absolute atomic E-state index is 13.9. The van der Waals surface area contributed by atoms with Crippen molar-refractivity contribution < 1.29 is 23.8 Å². The molecule has 0 aliphatic carbocycles. The number of methoxy groups -OCH3 is 1. The number of benzene rings is 1. The topological polar surface area (TPSA) is 102 Å². The number of nitrogens with zero attached hydrogens (tertiary/aromatic N) is 3. The molecule has 2 atom stereocenters. The van der Waals surface area contributed by atoms with Gasteiger partial charge in [0, 0.05) is 40.8 Å². The number of carboxylic acid groups (broad SMARTS) is 1. The third-order valence-corrected chi connectivity index (χ3v) is 7.05. The summed E-state index contributed by atoms with van der Waals surface area (Å²) < 4.78 is 27.5. The third kappa shape index (κ3) is 3.88. The number of fused-ring (bicyclic) bond motifs is 2. The van der Waals surface area contributed by atoms with Gasteiger partial charge in [-0.1, -0.05) is 13.8 Å². The Morgan fingerprint density at radius 3 is 2.74 bits per heavy atom. The lowest BCUT2D eigenvalue weighted by Gasteiger charge is -2.36. The van der Waals surface area contributed by atoms with Gasteiger partial charge in [0.25, 0.3) is 0 Å². The van der Waals surface area contributed by atoms with Gasteiger partial charge in [-0.25, -0.2) is 14.2 Å². The predicted octanol–water partition coefficient (Wildman–Crippen LogP) is 4.70. The Bertz CT molecular complexity index is 1400. The Morgan fingerprint density at radius 2 is 2.11 bits per heavy atom. The van der Waals surface area contributed by atoms with Crippen LogP contribution in [0.4, 0.5) is 4.39 Å². The van der Waals surface area contributed by atoms with Crippen LogP contribution >= 0.6 is 0 Å². The monoisotopic (exact) mass is 480 g/mol. The standard InChI is InChI=1S/C26H29FN4O4/c1-25(2,14-34-4)22-20(15-9-10-26(3,24(32)33)35-13-15)21-19(11-16-12-28-30-23(16)29-21)31(22)18-7-5-17(27)6-8-18/h5-8,11-12,15H,9-10,13-14H2,1-4H3,(H,32,33)(H,28,29,30)/t15-,26+/m1/s1. The molecule has 9 heteroatoms. The fourth-order valence-corrected chi connectivity index (χ4v) is 5.22. The summed E-state index contributed by atoms with van der Waals surface area (Å²) in [5.41, 5.74) is 3.45. The average molecular weight is 481 g/mol. The van der Waals surface area contributed by atoms with Crippen LogP contribution in [0.3, 0.4) is 0 Å². The molecule has 0 radical (unpaired) electrons. The summed E-state index contributed by atoms with van der Waals surface area (Å²) in [6.45, 7) is 6.52. The first-order chi connectivity index (χ1) is 16.6. The van der Waals surface area contributed by atoms with Crippen LogP contribution in [0.15, 0.2) is 36.5 Å². The van der Waals surface area contributed by atoms with Gasteiger partial charge in [0.2, 0.25) is 0 Å². The molecule has 4 heterocycles. The number of carboxylic acids is 1. The van der Waals surface area contributed by atoms with E-state index >= 15 is 0 Å². The van der Waals surface area contributed by atoms with E-state index in [0.717, 1.165) is 33.4 Å². The summed E-state index contributed by atoms with van der Waals surface area (Å²) in [5.74, 6) is -1.35. The molecule has 1 aliphatic heterocycles. The van der Waals surface area contributed by atoms with Gasteiger partial charge in [-0.3, -0.25) is 5.10 Å². The molecule has 2 N–H and O–H groups in total. The smallest absolute Gasteiger partial charge is 0.335 e. The van der Waals surface area contributed by atoms with E-state index in [0.29, 0.717) is 25.1 Å². The van der Waals surface area contributed by atoms with Gasteiger partial charge in [-0.05, 0) is 50.1 Å². The van der Waals surface area contributed by atoms with Gasteiger partial charge >= 0.3 is 5.97 Å². The second kappa shape index (κ2) is 8.42. The van der Waals surface area contributed by atoms with Crippen molar-refractivity contribution in [1.29, 1.82) is 0 Å². The number of ether oxygens (including phenoxy) is 2. The number of halogens is 1. The van der Waals surface area contributed by atoms with Crippen LogP contribution in [0.5, 0.6) is 0 Å². The zero-order chi connectivity index (χ0) is 25.0. The van der Waals surface area contributed by atoms with Gasteiger partial charge in [0.15, 0.2) is 11.2 Å². The number of rotatable bonds is 6. The summed E-state index contributed by atoms with van der Waals surface area (Å²) in [5, 5.41) is 17.6. The number of carbonyl (C=O) groups is 1. The lowest BCUT2D eigenvalue weighted by Crippen LogP contribution is -2.43. The largest absolute Gasteiger partial charge is 0.479 e. The molecule has 0 amide bonds. The molecule has 1 saturated heterocycles.